The van der Waals surface area contributed by atoms with Gasteiger partial charge in [0, 0.05) is 33.0 Å². The molecule has 19 heavy (non-hydrogen) atoms. The summed E-state index contributed by atoms with van der Waals surface area (Å²) in [6, 6.07) is 3.51. The third-order valence-electron chi connectivity index (χ3n) is 2.48. The van der Waals surface area contributed by atoms with Crippen LogP contribution in [0.2, 0.25) is 0 Å². The molecule has 2 heterocycles. The van der Waals surface area contributed by atoms with Gasteiger partial charge >= 0.3 is 0 Å². The van der Waals surface area contributed by atoms with E-state index in [0.29, 0.717) is 18.1 Å². The average Bonchev–Trinajstić information content (AvgIpc) is 2.81. The van der Waals surface area contributed by atoms with E-state index in [9.17, 15) is 4.79 Å². The van der Waals surface area contributed by atoms with Crippen molar-refractivity contribution in [1.29, 1.82) is 0 Å². The molecule has 2 aromatic rings. The van der Waals surface area contributed by atoms with Crippen LogP contribution in [0.25, 0.3) is 0 Å². The van der Waals surface area contributed by atoms with Gasteiger partial charge in [-0.05, 0) is 12.1 Å². The Kier molecular flexibility index (Phi) is 3.74. The second-order valence-corrected chi connectivity index (χ2v) is 4.32. The Labute approximate surface area is 111 Å². The molecule has 0 saturated carbocycles. The van der Waals surface area contributed by atoms with Gasteiger partial charge in [-0.1, -0.05) is 0 Å². The summed E-state index contributed by atoms with van der Waals surface area (Å²) in [5.74, 6) is 0.569. The minimum Gasteiger partial charge on any atom is -0.378 e. The average molecular weight is 260 g/mol. The summed E-state index contributed by atoms with van der Waals surface area (Å²) < 4.78 is 1.64. The summed E-state index contributed by atoms with van der Waals surface area (Å²) in [7, 11) is 5.21. The van der Waals surface area contributed by atoms with Crippen molar-refractivity contribution in [3.05, 3.63) is 36.2 Å². The zero-order valence-corrected chi connectivity index (χ0v) is 11.2. The van der Waals surface area contributed by atoms with Gasteiger partial charge in [0.05, 0.1) is 6.54 Å². The normalized spacial score (nSPS) is 10.3. The molecule has 0 aliphatic rings. The van der Waals surface area contributed by atoms with Gasteiger partial charge in [-0.3, -0.25) is 14.5 Å². The van der Waals surface area contributed by atoms with Crippen LogP contribution in [-0.4, -0.2) is 44.7 Å². The van der Waals surface area contributed by atoms with Gasteiger partial charge in [0.2, 0.25) is 0 Å². The highest BCUT2D eigenvalue weighted by molar-refractivity contribution is 5.92. The molecule has 0 radical (unpaired) electrons. The Balaban J connectivity index is 2.05. The summed E-state index contributed by atoms with van der Waals surface area (Å²) in [5, 5.41) is 7.32. The fraction of sp³-hybridized carbons (Fsp3) is 0.333. The summed E-state index contributed by atoms with van der Waals surface area (Å²) in [6.07, 6.45) is 3.25. The molecule has 2 aromatic heterocycles. The van der Waals surface area contributed by atoms with Crippen molar-refractivity contribution in [1.82, 2.24) is 24.6 Å². The summed E-state index contributed by atoms with van der Waals surface area (Å²) in [4.78, 5) is 21.4. The number of pyridine rings is 1. The van der Waals surface area contributed by atoms with E-state index in [-0.39, 0.29) is 5.91 Å². The van der Waals surface area contributed by atoms with Crippen molar-refractivity contribution >= 4 is 11.6 Å². The Hall–Kier alpha value is -2.44. The first kappa shape index (κ1) is 13.0. The second kappa shape index (κ2) is 5.47. The standard InChI is InChI=1S/C12H16N6O/c1-17(2)12(19)10-6-9(4-5-13-10)14-7-11-15-8-18(3)16-11/h4-6,8H,7H2,1-3H3,(H,13,14). The maximum absolute atomic E-state index is 11.8. The Morgan fingerprint density at radius 2 is 2.21 bits per heavy atom. The highest BCUT2D eigenvalue weighted by atomic mass is 16.2. The van der Waals surface area contributed by atoms with E-state index >= 15 is 0 Å². The zero-order valence-electron chi connectivity index (χ0n) is 11.2. The second-order valence-electron chi connectivity index (χ2n) is 4.32. The number of nitrogens with zero attached hydrogens (tertiary/aromatic N) is 5. The van der Waals surface area contributed by atoms with Gasteiger partial charge in [-0.2, -0.15) is 5.10 Å². The fourth-order valence-electron chi connectivity index (χ4n) is 1.53. The smallest absolute Gasteiger partial charge is 0.272 e. The van der Waals surface area contributed by atoms with Crippen molar-refractivity contribution < 1.29 is 4.79 Å². The molecule has 7 heteroatoms. The third kappa shape index (κ3) is 3.27. The molecule has 0 bridgehead atoms. The predicted molar refractivity (Wildman–Crippen MR) is 70.6 cm³/mol. The molecule has 0 aromatic carbocycles. The monoisotopic (exact) mass is 260 g/mol. The molecular formula is C12H16N6O. The van der Waals surface area contributed by atoms with Crippen LogP contribution in [0.5, 0.6) is 0 Å². The minimum absolute atomic E-state index is 0.125. The number of rotatable bonds is 4. The van der Waals surface area contributed by atoms with Crippen LogP contribution in [0.4, 0.5) is 5.69 Å². The van der Waals surface area contributed by atoms with Gasteiger partial charge in [0.1, 0.15) is 12.0 Å². The minimum atomic E-state index is -0.125. The number of aromatic nitrogens is 4. The molecule has 7 nitrogen and oxygen atoms in total. The topological polar surface area (TPSA) is 75.9 Å². The van der Waals surface area contributed by atoms with Crippen molar-refractivity contribution in [2.45, 2.75) is 6.54 Å². The van der Waals surface area contributed by atoms with Crippen molar-refractivity contribution in [3.8, 4) is 0 Å². The number of amides is 1. The lowest BCUT2D eigenvalue weighted by molar-refractivity contribution is 0.0822. The maximum atomic E-state index is 11.8. The lowest BCUT2D eigenvalue weighted by Crippen LogP contribution is -2.22. The van der Waals surface area contributed by atoms with Crippen LogP contribution in [0.15, 0.2) is 24.7 Å². The lowest BCUT2D eigenvalue weighted by Gasteiger charge is -2.10. The molecule has 1 N–H and O–H groups in total. The van der Waals surface area contributed by atoms with Crippen LogP contribution in [0.1, 0.15) is 16.3 Å². The highest BCUT2D eigenvalue weighted by Crippen LogP contribution is 2.10. The molecule has 0 fully saturated rings. The zero-order chi connectivity index (χ0) is 13.8. The molecule has 1 amide bonds. The number of nitrogens with one attached hydrogen (secondary N) is 1. The number of carbonyl (C=O) groups is 1. The van der Waals surface area contributed by atoms with Gasteiger partial charge < -0.3 is 10.2 Å². The highest BCUT2D eigenvalue weighted by Gasteiger charge is 2.09. The summed E-state index contributed by atoms with van der Waals surface area (Å²) in [5.41, 5.74) is 1.22. The van der Waals surface area contributed by atoms with E-state index in [2.05, 4.69) is 20.4 Å². The van der Waals surface area contributed by atoms with E-state index in [0.717, 1.165) is 5.69 Å². The van der Waals surface area contributed by atoms with E-state index in [1.165, 1.54) is 4.90 Å². The molecule has 0 spiro atoms. The van der Waals surface area contributed by atoms with Gasteiger partial charge in [-0.25, -0.2) is 4.98 Å². The molecule has 0 saturated heterocycles. The van der Waals surface area contributed by atoms with Crippen LogP contribution < -0.4 is 5.32 Å². The lowest BCUT2D eigenvalue weighted by atomic mass is 10.3. The quantitative estimate of drug-likeness (QED) is 0.867. The fourth-order valence-corrected chi connectivity index (χ4v) is 1.53. The number of carbonyl (C=O) groups excluding carboxylic acids is 1. The third-order valence-corrected chi connectivity index (χ3v) is 2.48. The molecule has 100 valence electrons. The first-order chi connectivity index (χ1) is 9.06. The van der Waals surface area contributed by atoms with Crippen molar-refractivity contribution in [2.24, 2.45) is 7.05 Å². The first-order valence-electron chi connectivity index (χ1n) is 5.82. The van der Waals surface area contributed by atoms with Crippen molar-refractivity contribution in [2.75, 3.05) is 19.4 Å². The first-order valence-corrected chi connectivity index (χ1v) is 5.82. The van der Waals surface area contributed by atoms with Crippen molar-refractivity contribution in [3.63, 3.8) is 0 Å². The van der Waals surface area contributed by atoms with Gasteiger partial charge in [0.15, 0.2) is 5.82 Å². The van der Waals surface area contributed by atoms with E-state index in [1.54, 1.807) is 43.4 Å². The predicted octanol–water partition coefficient (Wildman–Crippen LogP) is 0.524. The van der Waals surface area contributed by atoms with E-state index in [1.807, 2.05) is 7.05 Å². The van der Waals surface area contributed by atoms with Crippen LogP contribution >= 0.6 is 0 Å². The van der Waals surface area contributed by atoms with E-state index < -0.39 is 0 Å². The molecule has 0 atom stereocenters. The molecule has 0 aliphatic carbocycles. The van der Waals surface area contributed by atoms with Gasteiger partial charge in [-0.15, -0.1) is 0 Å². The number of anilines is 1. The van der Waals surface area contributed by atoms with Crippen LogP contribution in [0.3, 0.4) is 0 Å². The molecule has 0 unspecified atom stereocenters. The summed E-state index contributed by atoms with van der Waals surface area (Å²) >= 11 is 0. The van der Waals surface area contributed by atoms with Crippen LogP contribution in [-0.2, 0) is 13.6 Å². The number of hydrogen-bond donors (Lipinski definition) is 1. The van der Waals surface area contributed by atoms with Gasteiger partial charge in [0.25, 0.3) is 5.91 Å². The van der Waals surface area contributed by atoms with Crippen LogP contribution in [0, 0.1) is 0 Å². The largest absolute Gasteiger partial charge is 0.378 e. The molecule has 0 aliphatic heterocycles. The molecular weight excluding hydrogens is 244 g/mol. The Bertz CT molecular complexity index is 577. The SMILES string of the molecule is CN(C)C(=O)c1cc(NCc2ncn(C)n2)ccn1. The number of hydrogen-bond acceptors (Lipinski definition) is 5. The summed E-state index contributed by atoms with van der Waals surface area (Å²) in [6.45, 7) is 0.500. The molecule has 2 rings (SSSR count). The number of aryl methyl sites for hydroxylation is 1. The Morgan fingerprint density at radius 1 is 1.42 bits per heavy atom. The van der Waals surface area contributed by atoms with E-state index in [4.69, 9.17) is 0 Å². The Morgan fingerprint density at radius 3 is 2.84 bits per heavy atom. The maximum Gasteiger partial charge on any atom is 0.272 e.